The second-order valence-corrected chi connectivity index (χ2v) is 2.97. The normalized spacial score (nSPS) is 9.87. The zero-order chi connectivity index (χ0) is 11.5. The highest BCUT2D eigenvalue weighted by Gasteiger charge is 1.80. The molecular formula is C13H18N2. The van der Waals surface area contributed by atoms with Crippen LogP contribution in [0, 0.1) is 6.92 Å². The summed E-state index contributed by atoms with van der Waals surface area (Å²) in [6.45, 7) is 11.0. The van der Waals surface area contributed by atoms with E-state index in [1.165, 1.54) is 5.56 Å². The highest BCUT2D eigenvalue weighted by molar-refractivity contribution is 5.28. The molecule has 1 aromatic heterocycles. The summed E-state index contributed by atoms with van der Waals surface area (Å²) >= 11 is 0. The van der Waals surface area contributed by atoms with Crippen LogP contribution in [0.3, 0.4) is 0 Å². The molecule has 0 bridgehead atoms. The van der Waals surface area contributed by atoms with Crippen LogP contribution in [0.25, 0.3) is 0 Å². The minimum absolute atomic E-state index is 0.975. The average Bonchev–Trinajstić information content (AvgIpc) is 2.28. The second kappa shape index (κ2) is 8.88. The molecule has 1 aromatic rings. The monoisotopic (exact) mass is 202 g/mol. The van der Waals surface area contributed by atoms with Gasteiger partial charge < -0.3 is 0 Å². The molecule has 0 spiro atoms. The van der Waals surface area contributed by atoms with Crippen molar-refractivity contribution in [1.82, 2.24) is 4.98 Å². The van der Waals surface area contributed by atoms with Gasteiger partial charge in [-0.15, -0.1) is 0 Å². The maximum absolute atomic E-state index is 3.85. The molecule has 0 aromatic carbocycles. The molecular weight excluding hydrogens is 184 g/mol. The molecule has 0 aliphatic rings. The van der Waals surface area contributed by atoms with Gasteiger partial charge in [0.1, 0.15) is 0 Å². The first-order valence-corrected chi connectivity index (χ1v) is 4.88. The molecule has 0 amide bonds. The number of nitrogens with zero attached hydrogens (tertiary/aromatic N) is 2. The fourth-order valence-corrected chi connectivity index (χ4v) is 0.832. The summed E-state index contributed by atoms with van der Waals surface area (Å²) in [6.07, 6.45) is 8.05. The lowest BCUT2D eigenvalue weighted by Gasteiger charge is -1.88. The topological polar surface area (TPSA) is 25.2 Å². The van der Waals surface area contributed by atoms with E-state index in [0.717, 1.165) is 12.0 Å². The van der Waals surface area contributed by atoms with Crippen LogP contribution in [0.5, 0.6) is 0 Å². The third-order valence-electron chi connectivity index (χ3n) is 1.77. The van der Waals surface area contributed by atoms with E-state index in [-0.39, 0.29) is 0 Å². The Balaban J connectivity index is 0.000000262. The largest absolute Gasteiger partial charge is 0.272 e. The van der Waals surface area contributed by atoms with Crippen molar-refractivity contribution in [3.8, 4) is 0 Å². The van der Waals surface area contributed by atoms with E-state index in [1.54, 1.807) is 24.7 Å². The Morgan fingerprint density at radius 3 is 2.27 bits per heavy atom. The predicted molar refractivity (Wildman–Crippen MR) is 67.1 cm³/mol. The van der Waals surface area contributed by atoms with Gasteiger partial charge >= 0.3 is 0 Å². The number of rotatable bonds is 3. The van der Waals surface area contributed by atoms with E-state index in [9.17, 15) is 0 Å². The number of hydrogen-bond donors (Lipinski definition) is 0. The van der Waals surface area contributed by atoms with Crippen molar-refractivity contribution in [1.29, 1.82) is 0 Å². The van der Waals surface area contributed by atoms with Gasteiger partial charge in [-0.3, -0.25) is 9.98 Å². The first-order chi connectivity index (χ1) is 7.24. The van der Waals surface area contributed by atoms with Gasteiger partial charge in [-0.05, 0) is 43.3 Å². The van der Waals surface area contributed by atoms with Gasteiger partial charge in [0, 0.05) is 18.6 Å². The van der Waals surface area contributed by atoms with Crippen LogP contribution in [-0.4, -0.2) is 11.7 Å². The molecule has 0 saturated carbocycles. The molecule has 1 rings (SSSR count). The zero-order valence-corrected chi connectivity index (χ0v) is 9.48. The minimum atomic E-state index is 0.975. The lowest BCUT2D eigenvalue weighted by atomic mass is 10.2. The summed E-state index contributed by atoms with van der Waals surface area (Å²) < 4.78 is 0. The Hall–Kier alpha value is -1.70. The average molecular weight is 202 g/mol. The highest BCUT2D eigenvalue weighted by atomic mass is 14.6. The minimum Gasteiger partial charge on any atom is -0.272 e. The number of allylic oxidation sites excluding steroid dienone is 2. The summed E-state index contributed by atoms with van der Waals surface area (Å²) in [5.74, 6) is 0. The van der Waals surface area contributed by atoms with Gasteiger partial charge in [-0.25, -0.2) is 0 Å². The standard InChI is InChI=1S/C7H11N.C6H7N/c1-4-7(5-2)6-8-3;1-6-2-4-7-5-3-6/h4,6H,1,3,5H2,2H3;2-5H,1H3/b7-6+;. The van der Waals surface area contributed by atoms with Crippen LogP contribution in [0.2, 0.25) is 0 Å². The van der Waals surface area contributed by atoms with Gasteiger partial charge in [0.25, 0.3) is 0 Å². The Morgan fingerprint density at radius 1 is 1.47 bits per heavy atom. The van der Waals surface area contributed by atoms with Crippen molar-refractivity contribution in [2.45, 2.75) is 20.3 Å². The van der Waals surface area contributed by atoms with Crippen molar-refractivity contribution in [2.24, 2.45) is 4.99 Å². The van der Waals surface area contributed by atoms with E-state index in [1.807, 2.05) is 19.1 Å². The third kappa shape index (κ3) is 7.38. The van der Waals surface area contributed by atoms with Gasteiger partial charge in [-0.1, -0.05) is 19.6 Å². The summed E-state index contributed by atoms with van der Waals surface area (Å²) in [4.78, 5) is 7.44. The molecule has 0 aliphatic carbocycles. The molecule has 0 N–H and O–H groups in total. The maximum Gasteiger partial charge on any atom is 0.0292 e. The summed E-state index contributed by atoms with van der Waals surface area (Å²) in [5.41, 5.74) is 2.38. The van der Waals surface area contributed by atoms with E-state index in [2.05, 4.69) is 30.2 Å². The van der Waals surface area contributed by atoms with Crippen molar-refractivity contribution < 1.29 is 0 Å². The van der Waals surface area contributed by atoms with E-state index >= 15 is 0 Å². The quantitative estimate of drug-likeness (QED) is 0.543. The van der Waals surface area contributed by atoms with Crippen molar-refractivity contribution >= 4 is 6.72 Å². The van der Waals surface area contributed by atoms with Crippen LogP contribution in [-0.2, 0) is 0 Å². The van der Waals surface area contributed by atoms with E-state index < -0.39 is 0 Å². The second-order valence-electron chi connectivity index (χ2n) is 2.97. The van der Waals surface area contributed by atoms with Crippen LogP contribution in [0.15, 0.2) is 53.9 Å². The highest BCUT2D eigenvalue weighted by Crippen LogP contribution is 1.99. The van der Waals surface area contributed by atoms with Crippen molar-refractivity contribution in [3.05, 3.63) is 54.5 Å². The SMILES string of the molecule is C=C/C(=C\N=C)CC.Cc1ccncc1. The molecule has 1 heterocycles. The van der Waals surface area contributed by atoms with E-state index in [4.69, 9.17) is 0 Å². The molecule has 0 unspecified atom stereocenters. The fourth-order valence-electron chi connectivity index (χ4n) is 0.832. The first-order valence-electron chi connectivity index (χ1n) is 4.88. The van der Waals surface area contributed by atoms with E-state index in [0.29, 0.717) is 0 Å². The van der Waals surface area contributed by atoms with Crippen LogP contribution in [0.1, 0.15) is 18.9 Å². The lowest BCUT2D eigenvalue weighted by molar-refractivity contribution is 1.14. The summed E-state index contributed by atoms with van der Waals surface area (Å²) in [6, 6.07) is 3.94. The van der Waals surface area contributed by atoms with Crippen molar-refractivity contribution in [2.75, 3.05) is 0 Å². The lowest BCUT2D eigenvalue weighted by Crippen LogP contribution is -1.68. The number of hydrogen-bond acceptors (Lipinski definition) is 2. The van der Waals surface area contributed by atoms with Gasteiger partial charge in [-0.2, -0.15) is 0 Å². The maximum atomic E-state index is 3.85. The Morgan fingerprint density at radius 2 is 2.07 bits per heavy atom. The molecule has 2 nitrogen and oxygen atoms in total. The third-order valence-corrected chi connectivity index (χ3v) is 1.77. The van der Waals surface area contributed by atoms with Crippen LogP contribution >= 0.6 is 0 Å². The Labute approximate surface area is 92.1 Å². The molecule has 0 atom stereocenters. The number of pyridine rings is 1. The van der Waals surface area contributed by atoms with Gasteiger partial charge in [0.2, 0.25) is 0 Å². The fraction of sp³-hybridized carbons (Fsp3) is 0.231. The molecule has 0 radical (unpaired) electrons. The predicted octanol–water partition coefficient (Wildman–Crippen LogP) is 3.56. The molecule has 80 valence electrons. The smallest absolute Gasteiger partial charge is 0.0292 e. The number of aryl methyl sites for hydroxylation is 1. The van der Waals surface area contributed by atoms with Crippen molar-refractivity contribution in [3.63, 3.8) is 0 Å². The first kappa shape index (κ1) is 13.3. The van der Waals surface area contributed by atoms with Crippen LogP contribution < -0.4 is 0 Å². The zero-order valence-electron chi connectivity index (χ0n) is 9.48. The number of aromatic nitrogens is 1. The molecule has 0 fully saturated rings. The Kier molecular flexibility index (Phi) is 7.87. The molecule has 0 aliphatic heterocycles. The Bertz CT molecular complexity index is 313. The summed E-state index contributed by atoms with van der Waals surface area (Å²) in [5, 5.41) is 0. The van der Waals surface area contributed by atoms with Crippen LogP contribution in [0.4, 0.5) is 0 Å². The molecule has 15 heavy (non-hydrogen) atoms. The van der Waals surface area contributed by atoms with Gasteiger partial charge in [0.05, 0.1) is 0 Å². The summed E-state index contributed by atoms with van der Waals surface area (Å²) in [7, 11) is 0. The number of aliphatic imine (C=N–C) groups is 1. The molecule has 2 heteroatoms. The molecule has 0 saturated heterocycles. The van der Waals surface area contributed by atoms with Gasteiger partial charge in [0.15, 0.2) is 0 Å².